The highest BCUT2D eigenvalue weighted by Crippen LogP contribution is 2.30. The Hall–Kier alpha value is -3.29. The van der Waals surface area contributed by atoms with Crippen LogP contribution < -0.4 is 4.90 Å². The number of fused-ring (bicyclic) bond motifs is 1. The van der Waals surface area contributed by atoms with E-state index in [0.29, 0.717) is 11.6 Å². The van der Waals surface area contributed by atoms with Crippen LogP contribution in [-0.4, -0.2) is 47.6 Å². The summed E-state index contributed by atoms with van der Waals surface area (Å²) in [5.74, 6) is 2.42. The molecule has 1 N–H and O–H groups in total. The van der Waals surface area contributed by atoms with Crippen molar-refractivity contribution in [2.45, 2.75) is 25.3 Å². The highest BCUT2D eigenvalue weighted by molar-refractivity contribution is 5.82. The molecule has 0 saturated carbocycles. The number of aromatic amines is 1. The van der Waals surface area contributed by atoms with Crippen molar-refractivity contribution in [1.82, 2.24) is 34.5 Å². The Morgan fingerprint density at radius 2 is 2.00 bits per heavy atom. The van der Waals surface area contributed by atoms with Crippen LogP contribution in [0.1, 0.15) is 30.1 Å². The average Bonchev–Trinajstić information content (AvgIpc) is 3.38. The molecule has 0 amide bonds. The minimum atomic E-state index is 0.364. The molecular weight excluding hydrogens is 340 g/mol. The van der Waals surface area contributed by atoms with Crippen LogP contribution in [0, 0.1) is 0 Å². The van der Waals surface area contributed by atoms with E-state index < -0.39 is 0 Å². The van der Waals surface area contributed by atoms with Gasteiger partial charge < -0.3 is 14.5 Å². The Kier molecular flexibility index (Phi) is 4.00. The Morgan fingerprint density at radius 3 is 2.93 bits per heavy atom. The zero-order valence-corrected chi connectivity index (χ0v) is 14.9. The summed E-state index contributed by atoms with van der Waals surface area (Å²) in [6, 6.07) is 4.10. The maximum atomic E-state index is 4.68. The minimum absolute atomic E-state index is 0.364. The van der Waals surface area contributed by atoms with Gasteiger partial charge in [0, 0.05) is 50.3 Å². The van der Waals surface area contributed by atoms with Gasteiger partial charge in [-0.1, -0.05) is 0 Å². The van der Waals surface area contributed by atoms with Crippen molar-refractivity contribution in [2.75, 3.05) is 18.0 Å². The maximum Gasteiger partial charge on any atom is 0.182 e. The Bertz CT molecular complexity index is 1040. The number of nitrogens with one attached hydrogen (secondary N) is 1. The standard InChI is InChI=1S/C19H20N8/c1-2-15(18-21-7-9-27(18)10-14-3-5-20-6-4-14)11-26(8-1)19-16-17(23-12-22-16)24-13-25-19/h3-7,9,12-13,15H,1-2,8,10-11H2,(H,22,23,24,25)/t15-/m0/s1. The van der Waals surface area contributed by atoms with E-state index in [1.54, 1.807) is 12.7 Å². The van der Waals surface area contributed by atoms with Gasteiger partial charge in [0.2, 0.25) is 0 Å². The van der Waals surface area contributed by atoms with Crippen LogP contribution in [0.3, 0.4) is 0 Å². The largest absolute Gasteiger partial charge is 0.354 e. The molecule has 8 nitrogen and oxygen atoms in total. The van der Waals surface area contributed by atoms with Crippen molar-refractivity contribution in [3.8, 4) is 0 Å². The summed E-state index contributed by atoms with van der Waals surface area (Å²) in [5, 5.41) is 0. The molecule has 4 aromatic rings. The summed E-state index contributed by atoms with van der Waals surface area (Å²) in [5.41, 5.74) is 2.84. The molecule has 5 heterocycles. The topological polar surface area (TPSA) is 88.4 Å². The first-order chi connectivity index (χ1) is 13.4. The number of aromatic nitrogens is 7. The van der Waals surface area contributed by atoms with Crippen molar-refractivity contribution in [3.63, 3.8) is 0 Å². The number of anilines is 1. The van der Waals surface area contributed by atoms with E-state index in [1.165, 1.54) is 5.56 Å². The molecule has 1 aliphatic rings. The third-order valence-electron chi connectivity index (χ3n) is 5.14. The number of nitrogens with zero attached hydrogens (tertiary/aromatic N) is 7. The molecule has 1 aliphatic heterocycles. The first kappa shape index (κ1) is 15.9. The maximum absolute atomic E-state index is 4.68. The fraction of sp³-hybridized carbons (Fsp3) is 0.316. The van der Waals surface area contributed by atoms with Gasteiger partial charge in [0.25, 0.3) is 0 Å². The predicted octanol–water partition coefficient (Wildman–Crippen LogP) is 2.38. The number of piperidine rings is 1. The lowest BCUT2D eigenvalue weighted by molar-refractivity contribution is 0.474. The summed E-state index contributed by atoms with van der Waals surface area (Å²) in [6.07, 6.45) is 13.1. The highest BCUT2D eigenvalue weighted by atomic mass is 15.2. The molecule has 1 atom stereocenters. The molecule has 0 unspecified atom stereocenters. The molecule has 1 fully saturated rings. The number of imidazole rings is 2. The van der Waals surface area contributed by atoms with Crippen LogP contribution in [-0.2, 0) is 6.54 Å². The number of H-pyrrole nitrogens is 1. The van der Waals surface area contributed by atoms with E-state index in [4.69, 9.17) is 0 Å². The van der Waals surface area contributed by atoms with Gasteiger partial charge in [-0.3, -0.25) is 4.98 Å². The van der Waals surface area contributed by atoms with Gasteiger partial charge in [0.05, 0.1) is 6.33 Å². The van der Waals surface area contributed by atoms with Gasteiger partial charge in [-0.15, -0.1) is 0 Å². The van der Waals surface area contributed by atoms with Crippen LogP contribution in [0.5, 0.6) is 0 Å². The van der Waals surface area contributed by atoms with Crippen molar-refractivity contribution in [2.24, 2.45) is 0 Å². The van der Waals surface area contributed by atoms with Gasteiger partial charge in [-0.25, -0.2) is 19.9 Å². The van der Waals surface area contributed by atoms with Crippen LogP contribution in [0.25, 0.3) is 11.2 Å². The quantitative estimate of drug-likeness (QED) is 0.601. The number of rotatable bonds is 4. The summed E-state index contributed by atoms with van der Waals surface area (Å²) in [4.78, 5) is 27.3. The molecule has 4 aromatic heterocycles. The van der Waals surface area contributed by atoms with Gasteiger partial charge in [0.15, 0.2) is 11.5 Å². The van der Waals surface area contributed by atoms with Crippen LogP contribution in [0.4, 0.5) is 5.82 Å². The molecule has 8 heteroatoms. The van der Waals surface area contributed by atoms with Crippen LogP contribution in [0.15, 0.2) is 49.6 Å². The Labute approximate surface area is 156 Å². The van der Waals surface area contributed by atoms with Crippen molar-refractivity contribution < 1.29 is 0 Å². The third kappa shape index (κ3) is 3.03. The second-order valence-electron chi connectivity index (χ2n) is 6.85. The van der Waals surface area contributed by atoms with Crippen LogP contribution >= 0.6 is 0 Å². The van der Waals surface area contributed by atoms with Crippen molar-refractivity contribution in [3.05, 3.63) is 61.0 Å². The molecule has 0 bridgehead atoms. The molecule has 0 aliphatic carbocycles. The lowest BCUT2D eigenvalue weighted by Crippen LogP contribution is -2.36. The number of hydrogen-bond donors (Lipinski definition) is 1. The van der Waals surface area contributed by atoms with Gasteiger partial charge in [-0.05, 0) is 30.5 Å². The minimum Gasteiger partial charge on any atom is -0.354 e. The molecular formula is C19H20N8. The lowest BCUT2D eigenvalue weighted by atomic mass is 9.97. The lowest BCUT2D eigenvalue weighted by Gasteiger charge is -2.33. The molecule has 0 spiro atoms. The molecule has 27 heavy (non-hydrogen) atoms. The van der Waals surface area contributed by atoms with E-state index in [1.807, 2.05) is 30.7 Å². The predicted molar refractivity (Wildman–Crippen MR) is 101 cm³/mol. The molecule has 1 saturated heterocycles. The first-order valence-electron chi connectivity index (χ1n) is 9.17. The summed E-state index contributed by atoms with van der Waals surface area (Å²) >= 11 is 0. The molecule has 5 rings (SSSR count). The SMILES string of the molecule is c1cc(Cn2ccnc2[C@H]2CCCN(c3ncnc4nc[nH]c34)C2)ccn1. The fourth-order valence-corrected chi connectivity index (χ4v) is 3.87. The first-order valence-corrected chi connectivity index (χ1v) is 9.17. The fourth-order valence-electron chi connectivity index (χ4n) is 3.87. The van der Waals surface area contributed by atoms with E-state index in [2.05, 4.69) is 45.6 Å². The molecule has 0 aromatic carbocycles. The summed E-state index contributed by atoms with van der Waals surface area (Å²) in [6.45, 7) is 2.68. The van der Waals surface area contributed by atoms with Gasteiger partial charge in [0.1, 0.15) is 17.7 Å². The summed E-state index contributed by atoms with van der Waals surface area (Å²) in [7, 11) is 0. The molecule has 136 valence electrons. The third-order valence-corrected chi connectivity index (χ3v) is 5.14. The average molecular weight is 360 g/mol. The second-order valence-corrected chi connectivity index (χ2v) is 6.85. The van der Waals surface area contributed by atoms with E-state index in [0.717, 1.165) is 49.6 Å². The molecule has 0 radical (unpaired) electrons. The highest BCUT2D eigenvalue weighted by Gasteiger charge is 2.27. The van der Waals surface area contributed by atoms with E-state index in [-0.39, 0.29) is 0 Å². The zero-order valence-electron chi connectivity index (χ0n) is 14.9. The number of pyridine rings is 1. The van der Waals surface area contributed by atoms with E-state index in [9.17, 15) is 0 Å². The van der Waals surface area contributed by atoms with Crippen molar-refractivity contribution in [1.29, 1.82) is 0 Å². The van der Waals surface area contributed by atoms with E-state index >= 15 is 0 Å². The summed E-state index contributed by atoms with van der Waals surface area (Å²) < 4.78 is 2.25. The van der Waals surface area contributed by atoms with Gasteiger partial charge >= 0.3 is 0 Å². The smallest absolute Gasteiger partial charge is 0.182 e. The normalized spacial score (nSPS) is 17.5. The van der Waals surface area contributed by atoms with Crippen molar-refractivity contribution >= 4 is 17.0 Å². The second kappa shape index (κ2) is 6.79. The van der Waals surface area contributed by atoms with Gasteiger partial charge in [-0.2, -0.15) is 0 Å². The Morgan fingerprint density at radius 1 is 1.07 bits per heavy atom. The monoisotopic (exact) mass is 360 g/mol. The number of hydrogen-bond acceptors (Lipinski definition) is 6. The van der Waals surface area contributed by atoms with Crippen LogP contribution in [0.2, 0.25) is 0 Å². The Balaban J connectivity index is 1.41. The zero-order chi connectivity index (χ0) is 18.1.